The Hall–Kier alpha value is -8.31. The molecule has 0 spiro atoms. The molecule has 16 heteroatoms. The third-order valence-electron chi connectivity index (χ3n) is 13.0. The molecule has 2 aliphatic rings. The molecule has 1 aromatic heterocycles. The first-order chi connectivity index (χ1) is 35.1. The number of nitrogens with one attached hydrogen (secondary N) is 3. The Morgan fingerprint density at radius 3 is 1.83 bits per heavy atom. The second kappa shape index (κ2) is 21.8. The lowest BCUT2D eigenvalue weighted by Gasteiger charge is -2.37. The molecule has 368 valence electrons. The first kappa shape index (κ1) is 48.7. The second-order valence-corrected chi connectivity index (χ2v) is 17.3. The molecule has 0 saturated carbocycles. The summed E-state index contributed by atoms with van der Waals surface area (Å²) in [5.74, 6) is -0.855. The largest absolute Gasteiger partial charge is 0.497 e. The highest BCUT2D eigenvalue weighted by molar-refractivity contribution is 5.90. The summed E-state index contributed by atoms with van der Waals surface area (Å²) in [6.45, 7) is -0.523. The van der Waals surface area contributed by atoms with Crippen molar-refractivity contribution in [3.8, 4) is 22.6 Å². The van der Waals surface area contributed by atoms with Crippen LogP contribution < -0.4 is 31.4 Å². The molecule has 9 rings (SSSR count). The molecule has 1 aliphatic carbocycles. The molecule has 7 aromatic rings. The van der Waals surface area contributed by atoms with Crippen LogP contribution in [-0.2, 0) is 40.7 Å². The maximum absolute atomic E-state index is 14.6. The van der Waals surface area contributed by atoms with Gasteiger partial charge in [0.15, 0.2) is 6.23 Å². The van der Waals surface area contributed by atoms with Crippen molar-refractivity contribution in [3.05, 3.63) is 224 Å². The van der Waals surface area contributed by atoms with Gasteiger partial charge in [-0.2, -0.15) is 0 Å². The van der Waals surface area contributed by atoms with Crippen LogP contribution in [0.3, 0.4) is 0 Å². The Morgan fingerprint density at radius 1 is 0.694 bits per heavy atom. The number of hydrogen-bond donors (Lipinski definition) is 4. The van der Waals surface area contributed by atoms with Crippen molar-refractivity contribution < 1.29 is 47.9 Å². The predicted molar refractivity (Wildman–Crippen MR) is 264 cm³/mol. The Balaban J connectivity index is 1.01. The van der Waals surface area contributed by atoms with Crippen molar-refractivity contribution in [1.29, 1.82) is 0 Å². The average molecular weight is 973 g/mol. The Labute approximate surface area is 414 Å². The van der Waals surface area contributed by atoms with Crippen molar-refractivity contribution in [1.82, 2.24) is 20.2 Å². The number of ether oxygens (including phenoxy) is 6. The number of aromatic nitrogens is 2. The van der Waals surface area contributed by atoms with Crippen LogP contribution in [0.1, 0.15) is 51.9 Å². The van der Waals surface area contributed by atoms with Crippen molar-refractivity contribution in [2.75, 3.05) is 27.4 Å². The quantitative estimate of drug-likeness (QED) is 0.0549. The van der Waals surface area contributed by atoms with E-state index in [0.717, 1.165) is 32.9 Å². The number of hydrogen-bond acceptors (Lipinski definition) is 12. The number of H-pyrrole nitrogens is 1. The summed E-state index contributed by atoms with van der Waals surface area (Å²) < 4.78 is 36.8. The number of rotatable bonds is 18. The lowest BCUT2D eigenvalue weighted by Crippen LogP contribution is -2.55. The normalized spacial score (nSPS) is 17.5. The molecule has 1 fully saturated rings. The van der Waals surface area contributed by atoms with Gasteiger partial charge in [0.05, 0.1) is 27.2 Å². The van der Waals surface area contributed by atoms with Gasteiger partial charge in [0.25, 0.3) is 5.56 Å². The molecule has 0 bridgehead atoms. The molecule has 2 heterocycles. The van der Waals surface area contributed by atoms with Crippen LogP contribution in [0.4, 0.5) is 4.79 Å². The maximum Gasteiger partial charge on any atom is 0.407 e. The zero-order chi connectivity index (χ0) is 50.2. The van der Waals surface area contributed by atoms with E-state index in [1.54, 1.807) is 62.8 Å². The van der Waals surface area contributed by atoms with Crippen molar-refractivity contribution in [3.63, 3.8) is 0 Å². The fraction of sp³-hybridized carbons (Fsp3) is 0.232. The average Bonchev–Trinajstić information content (AvgIpc) is 3.90. The topological polar surface area (TPSA) is 206 Å². The van der Waals surface area contributed by atoms with E-state index < -0.39 is 71.8 Å². The van der Waals surface area contributed by atoms with Crippen LogP contribution in [0.2, 0.25) is 0 Å². The molecule has 72 heavy (non-hydrogen) atoms. The molecular formula is C56H52N4O12. The number of amides is 2. The van der Waals surface area contributed by atoms with E-state index in [1.807, 2.05) is 109 Å². The van der Waals surface area contributed by atoms with E-state index in [-0.39, 0.29) is 25.7 Å². The van der Waals surface area contributed by atoms with E-state index in [0.29, 0.717) is 33.8 Å². The first-order valence-corrected chi connectivity index (χ1v) is 23.3. The van der Waals surface area contributed by atoms with E-state index >= 15 is 0 Å². The van der Waals surface area contributed by atoms with E-state index in [9.17, 15) is 29.1 Å². The summed E-state index contributed by atoms with van der Waals surface area (Å²) in [7, 11) is 3.13. The molecular weight excluding hydrogens is 921 g/mol. The summed E-state index contributed by atoms with van der Waals surface area (Å²) in [5, 5.41) is 17.6. The smallest absolute Gasteiger partial charge is 0.407 e. The van der Waals surface area contributed by atoms with Crippen LogP contribution in [-0.4, -0.2) is 84.4 Å². The van der Waals surface area contributed by atoms with Crippen molar-refractivity contribution in [2.45, 2.75) is 55.1 Å². The van der Waals surface area contributed by atoms with Gasteiger partial charge in [-0.3, -0.25) is 23.9 Å². The van der Waals surface area contributed by atoms with Gasteiger partial charge >= 0.3 is 17.8 Å². The molecule has 4 unspecified atom stereocenters. The fourth-order valence-corrected chi connectivity index (χ4v) is 9.41. The van der Waals surface area contributed by atoms with Gasteiger partial charge < -0.3 is 44.2 Å². The van der Waals surface area contributed by atoms with Crippen LogP contribution in [0, 0.1) is 0 Å². The molecule has 2 amide bonds. The van der Waals surface area contributed by atoms with E-state index in [1.165, 1.54) is 6.20 Å². The number of aliphatic hydroxyl groups excluding tert-OH is 1. The highest BCUT2D eigenvalue weighted by atomic mass is 16.6. The number of nitrogens with zero attached hydrogens (tertiary/aromatic N) is 1. The van der Waals surface area contributed by atoms with Crippen LogP contribution in [0.15, 0.2) is 180 Å². The van der Waals surface area contributed by atoms with Gasteiger partial charge in [-0.25, -0.2) is 9.59 Å². The maximum atomic E-state index is 14.6. The van der Waals surface area contributed by atoms with E-state index in [4.69, 9.17) is 28.4 Å². The monoisotopic (exact) mass is 972 g/mol. The predicted octanol–water partition coefficient (Wildman–Crippen LogP) is 6.35. The zero-order valence-electron chi connectivity index (χ0n) is 39.3. The van der Waals surface area contributed by atoms with Crippen LogP contribution >= 0.6 is 0 Å². The SMILES string of the molecule is COc1ccc(C(OCC2OC(n3ccc(=O)[nH]c3=O)C(NC(=O)[C@@H](CC(=O)OCc3ccccc3)NC(=O)OCC3c4ccccc4-c4ccccc43)C2O)(c2ccccc2)c2ccc(OC)cc2)cc1. The molecule has 0 radical (unpaired) electrons. The number of methoxy groups -OCH3 is 2. The highest BCUT2D eigenvalue weighted by Gasteiger charge is 2.49. The van der Waals surface area contributed by atoms with Crippen LogP contribution in [0.25, 0.3) is 11.1 Å². The second-order valence-electron chi connectivity index (χ2n) is 17.3. The van der Waals surface area contributed by atoms with Gasteiger partial charge in [0.1, 0.15) is 54.6 Å². The number of aromatic amines is 1. The molecule has 6 aromatic carbocycles. The number of alkyl carbamates (subject to hydrolysis) is 1. The fourth-order valence-electron chi connectivity index (χ4n) is 9.41. The molecule has 4 N–H and O–H groups in total. The zero-order valence-corrected chi connectivity index (χ0v) is 39.3. The number of aliphatic hydroxyl groups is 1. The Morgan fingerprint density at radius 2 is 1.25 bits per heavy atom. The summed E-state index contributed by atoms with van der Waals surface area (Å²) in [4.78, 5) is 69.8. The Kier molecular flexibility index (Phi) is 14.7. The minimum Gasteiger partial charge on any atom is -0.497 e. The number of carbonyl (C=O) groups excluding carboxylic acids is 3. The molecule has 5 atom stereocenters. The number of esters is 1. The Bertz CT molecular complexity index is 3030. The first-order valence-electron chi connectivity index (χ1n) is 23.3. The van der Waals surface area contributed by atoms with Crippen molar-refractivity contribution >= 4 is 18.0 Å². The van der Waals surface area contributed by atoms with Gasteiger partial charge in [-0.05, 0) is 68.8 Å². The van der Waals surface area contributed by atoms with Gasteiger partial charge in [0, 0.05) is 18.2 Å². The van der Waals surface area contributed by atoms with Crippen molar-refractivity contribution in [2.24, 2.45) is 0 Å². The molecule has 1 aliphatic heterocycles. The minimum atomic E-state index is -1.62. The lowest BCUT2D eigenvalue weighted by molar-refractivity contribution is -0.147. The highest BCUT2D eigenvalue weighted by Crippen LogP contribution is 2.45. The summed E-state index contributed by atoms with van der Waals surface area (Å²) in [6.07, 6.45) is -4.76. The van der Waals surface area contributed by atoms with Gasteiger partial charge in [0.2, 0.25) is 5.91 Å². The molecule has 1 saturated heterocycles. The van der Waals surface area contributed by atoms with Crippen LogP contribution in [0.5, 0.6) is 11.5 Å². The third-order valence-corrected chi connectivity index (χ3v) is 13.0. The summed E-state index contributed by atoms with van der Waals surface area (Å²) in [5.41, 5.74) is 3.82. The van der Waals surface area contributed by atoms with Gasteiger partial charge in [-0.1, -0.05) is 133 Å². The molecule has 16 nitrogen and oxygen atoms in total. The van der Waals surface area contributed by atoms with Gasteiger partial charge in [-0.15, -0.1) is 0 Å². The number of fused-ring (bicyclic) bond motifs is 3. The number of benzene rings is 6. The standard InChI is InChI=1S/C56H52N4O12/c1-67-39-25-21-37(22-26-39)56(36-15-7-4-8-16-36,38-23-27-40(68-2)28-24-38)71-34-47-51(63)50(53(72-47)60-30-29-48(61)58-54(60)65)59-52(64)46(31-49(62)69-32-35-13-5-3-6-14-35)57-55(66)70-33-45-43-19-11-9-17-41(43)42-18-10-12-20-44(42)45/h3-30,45-47,50-51,53,63H,31-34H2,1-2H3,(H,57,66)(H,59,64)(H,58,61,65)/t46-,47?,50?,51?,53?/m1/s1. The summed E-state index contributed by atoms with van der Waals surface area (Å²) in [6, 6.07) is 46.7. The number of carbonyl (C=O) groups is 3. The third kappa shape index (κ3) is 10.3. The lowest BCUT2D eigenvalue weighted by atomic mass is 9.80. The summed E-state index contributed by atoms with van der Waals surface area (Å²) >= 11 is 0. The minimum absolute atomic E-state index is 0.0851. The van der Waals surface area contributed by atoms with E-state index in [2.05, 4.69) is 15.6 Å².